The molecule has 3 rings (SSSR count). The lowest BCUT2D eigenvalue weighted by molar-refractivity contribution is -0.143. The van der Waals surface area contributed by atoms with Gasteiger partial charge in [-0.1, -0.05) is 24.4 Å². The van der Waals surface area contributed by atoms with Gasteiger partial charge in [0.2, 0.25) is 23.4 Å². The molecule has 0 bridgehead atoms. The second-order valence-electron chi connectivity index (χ2n) is 6.37. The van der Waals surface area contributed by atoms with Crippen molar-refractivity contribution in [3.8, 4) is 11.6 Å². The van der Waals surface area contributed by atoms with Gasteiger partial charge in [0.15, 0.2) is 0 Å². The SMILES string of the molecule is O=C(CCc1nc(-c2ncccn2)no1)NC(C(=O)O)C1CCCCC1. The predicted octanol–water partition coefficient (Wildman–Crippen LogP) is 1.61. The fourth-order valence-corrected chi connectivity index (χ4v) is 3.18. The van der Waals surface area contributed by atoms with E-state index in [0.717, 1.165) is 32.1 Å². The van der Waals surface area contributed by atoms with Crippen LogP contribution in [-0.4, -0.2) is 43.1 Å². The number of nitrogens with zero attached hydrogens (tertiary/aromatic N) is 4. The summed E-state index contributed by atoms with van der Waals surface area (Å²) in [6.45, 7) is 0. The zero-order valence-electron chi connectivity index (χ0n) is 14.3. The third-order valence-electron chi connectivity index (χ3n) is 4.50. The number of aliphatic carboxylic acids is 1. The van der Waals surface area contributed by atoms with Gasteiger partial charge >= 0.3 is 5.97 Å². The van der Waals surface area contributed by atoms with Gasteiger partial charge in [-0.3, -0.25) is 4.79 Å². The lowest BCUT2D eigenvalue weighted by Gasteiger charge is -2.28. The van der Waals surface area contributed by atoms with E-state index in [1.54, 1.807) is 18.5 Å². The summed E-state index contributed by atoms with van der Waals surface area (Å²) in [7, 11) is 0. The average molecular weight is 359 g/mol. The lowest BCUT2D eigenvalue weighted by Crippen LogP contribution is -2.46. The zero-order chi connectivity index (χ0) is 18.4. The summed E-state index contributed by atoms with van der Waals surface area (Å²) in [4.78, 5) is 35.9. The normalized spacial score (nSPS) is 16.2. The van der Waals surface area contributed by atoms with Crippen LogP contribution in [-0.2, 0) is 16.0 Å². The number of amides is 1. The molecule has 0 aliphatic heterocycles. The van der Waals surface area contributed by atoms with E-state index in [1.165, 1.54) is 0 Å². The number of hydrogen-bond donors (Lipinski definition) is 2. The van der Waals surface area contributed by atoms with Gasteiger partial charge < -0.3 is 14.9 Å². The first-order valence-corrected chi connectivity index (χ1v) is 8.75. The smallest absolute Gasteiger partial charge is 0.326 e. The minimum atomic E-state index is -0.980. The molecular weight excluding hydrogens is 338 g/mol. The molecule has 1 aliphatic carbocycles. The van der Waals surface area contributed by atoms with Crippen LogP contribution in [0, 0.1) is 5.92 Å². The highest BCUT2D eigenvalue weighted by Crippen LogP contribution is 2.26. The number of aromatic nitrogens is 4. The molecule has 26 heavy (non-hydrogen) atoms. The summed E-state index contributed by atoms with van der Waals surface area (Å²) >= 11 is 0. The van der Waals surface area contributed by atoms with Crippen molar-refractivity contribution in [2.75, 3.05) is 0 Å². The summed E-state index contributed by atoms with van der Waals surface area (Å²) in [6.07, 6.45) is 8.26. The maximum absolute atomic E-state index is 12.2. The molecule has 9 heteroatoms. The first-order chi connectivity index (χ1) is 12.6. The average Bonchev–Trinajstić information content (AvgIpc) is 3.15. The minimum absolute atomic E-state index is 0.00423. The maximum Gasteiger partial charge on any atom is 0.326 e. The Hall–Kier alpha value is -2.84. The van der Waals surface area contributed by atoms with E-state index in [9.17, 15) is 14.7 Å². The van der Waals surface area contributed by atoms with Crippen LogP contribution < -0.4 is 5.32 Å². The van der Waals surface area contributed by atoms with Gasteiger partial charge in [0.1, 0.15) is 6.04 Å². The van der Waals surface area contributed by atoms with Gasteiger partial charge in [-0.25, -0.2) is 14.8 Å². The topological polar surface area (TPSA) is 131 Å². The molecule has 2 aromatic rings. The third-order valence-corrected chi connectivity index (χ3v) is 4.50. The van der Waals surface area contributed by atoms with Crippen molar-refractivity contribution in [1.82, 2.24) is 25.4 Å². The van der Waals surface area contributed by atoms with Crippen LogP contribution in [0.5, 0.6) is 0 Å². The Kier molecular flexibility index (Phi) is 5.88. The summed E-state index contributed by atoms with van der Waals surface area (Å²) in [5.74, 6) is -0.436. The Morgan fingerprint density at radius 1 is 1.19 bits per heavy atom. The molecule has 1 fully saturated rings. The number of nitrogens with one attached hydrogen (secondary N) is 1. The summed E-state index contributed by atoms with van der Waals surface area (Å²) in [5, 5.41) is 15.9. The van der Waals surface area contributed by atoms with E-state index in [1.807, 2.05) is 0 Å². The van der Waals surface area contributed by atoms with Crippen LogP contribution in [0.15, 0.2) is 23.0 Å². The molecule has 2 N–H and O–H groups in total. The summed E-state index contributed by atoms with van der Waals surface area (Å²) in [6, 6.07) is 0.846. The summed E-state index contributed by atoms with van der Waals surface area (Å²) < 4.78 is 5.10. The number of carbonyl (C=O) groups excluding carboxylic acids is 1. The Balaban J connectivity index is 1.53. The molecule has 1 amide bonds. The molecule has 2 aromatic heterocycles. The van der Waals surface area contributed by atoms with Crippen LogP contribution in [0.2, 0.25) is 0 Å². The molecule has 0 saturated heterocycles. The Morgan fingerprint density at radius 2 is 1.92 bits per heavy atom. The number of carbonyl (C=O) groups is 2. The van der Waals surface area contributed by atoms with E-state index >= 15 is 0 Å². The van der Waals surface area contributed by atoms with Crippen LogP contribution in [0.3, 0.4) is 0 Å². The Bertz CT molecular complexity index is 743. The zero-order valence-corrected chi connectivity index (χ0v) is 14.3. The molecule has 0 aromatic carbocycles. The molecule has 0 spiro atoms. The first kappa shape index (κ1) is 18.0. The fourth-order valence-electron chi connectivity index (χ4n) is 3.18. The second-order valence-corrected chi connectivity index (χ2v) is 6.37. The van der Waals surface area contributed by atoms with Crippen LogP contribution >= 0.6 is 0 Å². The van der Waals surface area contributed by atoms with Crippen molar-refractivity contribution >= 4 is 11.9 Å². The van der Waals surface area contributed by atoms with E-state index < -0.39 is 12.0 Å². The molecule has 2 heterocycles. The van der Waals surface area contributed by atoms with E-state index in [4.69, 9.17) is 4.52 Å². The molecule has 138 valence electrons. The van der Waals surface area contributed by atoms with Crippen molar-refractivity contribution in [3.05, 3.63) is 24.4 Å². The van der Waals surface area contributed by atoms with Crippen molar-refractivity contribution < 1.29 is 19.2 Å². The Labute approximate surface area is 150 Å². The predicted molar refractivity (Wildman–Crippen MR) is 89.8 cm³/mol. The van der Waals surface area contributed by atoms with Gasteiger partial charge in [-0.2, -0.15) is 4.98 Å². The number of aryl methyl sites for hydroxylation is 1. The minimum Gasteiger partial charge on any atom is -0.480 e. The number of carboxylic acids is 1. The lowest BCUT2D eigenvalue weighted by atomic mass is 9.84. The largest absolute Gasteiger partial charge is 0.480 e. The molecular formula is C17H21N5O4. The third kappa shape index (κ3) is 4.62. The molecule has 1 atom stereocenters. The molecule has 0 radical (unpaired) electrons. The van der Waals surface area contributed by atoms with Gasteiger partial charge in [0, 0.05) is 25.2 Å². The first-order valence-electron chi connectivity index (χ1n) is 8.75. The number of hydrogen-bond acceptors (Lipinski definition) is 7. The monoisotopic (exact) mass is 359 g/mol. The second kappa shape index (κ2) is 8.50. The summed E-state index contributed by atoms with van der Waals surface area (Å²) in [5.41, 5.74) is 0. The number of rotatable bonds is 7. The maximum atomic E-state index is 12.2. The van der Waals surface area contributed by atoms with E-state index in [-0.39, 0.29) is 36.4 Å². The molecule has 9 nitrogen and oxygen atoms in total. The quantitative estimate of drug-likeness (QED) is 0.762. The van der Waals surface area contributed by atoms with Crippen LogP contribution in [0.4, 0.5) is 0 Å². The van der Waals surface area contributed by atoms with E-state index in [2.05, 4.69) is 25.4 Å². The Morgan fingerprint density at radius 3 is 2.62 bits per heavy atom. The fraction of sp³-hybridized carbons (Fsp3) is 0.529. The number of carboxylic acid groups (broad SMARTS) is 1. The van der Waals surface area contributed by atoms with Crippen molar-refractivity contribution in [1.29, 1.82) is 0 Å². The van der Waals surface area contributed by atoms with Crippen LogP contribution in [0.1, 0.15) is 44.4 Å². The van der Waals surface area contributed by atoms with Gasteiger partial charge in [-0.15, -0.1) is 0 Å². The van der Waals surface area contributed by atoms with Crippen LogP contribution in [0.25, 0.3) is 11.6 Å². The standard InChI is InChI=1S/C17H21N5O4/c23-12(20-14(17(24)25)11-5-2-1-3-6-11)7-8-13-21-16(22-26-13)15-18-9-4-10-19-15/h4,9-11,14H,1-3,5-8H2,(H,20,23)(H,24,25). The van der Waals surface area contributed by atoms with Gasteiger partial charge in [0.05, 0.1) is 0 Å². The highest BCUT2D eigenvalue weighted by atomic mass is 16.5. The highest BCUT2D eigenvalue weighted by molar-refractivity contribution is 5.83. The van der Waals surface area contributed by atoms with Crippen molar-refractivity contribution in [2.24, 2.45) is 5.92 Å². The van der Waals surface area contributed by atoms with Crippen molar-refractivity contribution in [3.63, 3.8) is 0 Å². The molecule has 1 saturated carbocycles. The van der Waals surface area contributed by atoms with Gasteiger partial charge in [-0.05, 0) is 24.8 Å². The van der Waals surface area contributed by atoms with E-state index in [0.29, 0.717) is 5.82 Å². The van der Waals surface area contributed by atoms with Gasteiger partial charge in [0.25, 0.3) is 0 Å². The molecule has 1 aliphatic rings. The molecule has 1 unspecified atom stereocenters. The highest BCUT2D eigenvalue weighted by Gasteiger charge is 2.30. The van der Waals surface area contributed by atoms with Crippen molar-refractivity contribution in [2.45, 2.75) is 51.0 Å².